The molecule has 2 N–H and O–H groups in total. The predicted octanol–water partition coefficient (Wildman–Crippen LogP) is 3.09. The summed E-state index contributed by atoms with van der Waals surface area (Å²) >= 11 is 5.87. The first-order valence-corrected chi connectivity index (χ1v) is 7.10. The van der Waals surface area contributed by atoms with Gasteiger partial charge in [0.2, 0.25) is 0 Å². The third-order valence-electron chi connectivity index (χ3n) is 3.32. The van der Waals surface area contributed by atoms with Gasteiger partial charge in [0.25, 0.3) is 11.8 Å². The van der Waals surface area contributed by atoms with E-state index in [9.17, 15) is 13.6 Å². The Morgan fingerprint density at radius 2 is 2.18 bits per heavy atom. The molecule has 7 heteroatoms. The lowest BCUT2D eigenvalue weighted by atomic mass is 9.88. The van der Waals surface area contributed by atoms with Crippen molar-refractivity contribution < 1.29 is 13.6 Å². The van der Waals surface area contributed by atoms with Crippen LogP contribution in [0.5, 0.6) is 0 Å². The lowest BCUT2D eigenvalue weighted by Crippen LogP contribution is -2.45. The number of hydrogen-bond donors (Lipinski definition) is 2. The predicted molar refractivity (Wildman–Crippen MR) is 81.2 cm³/mol. The van der Waals surface area contributed by atoms with Crippen molar-refractivity contribution in [3.8, 4) is 12.3 Å². The average molecular weight is 328 g/mol. The summed E-state index contributed by atoms with van der Waals surface area (Å²) in [5.41, 5.74) is -0.675. The average Bonchev–Trinajstić information content (AvgIpc) is 2.38. The maximum absolute atomic E-state index is 12.9. The van der Waals surface area contributed by atoms with Crippen LogP contribution in [0, 0.1) is 12.3 Å². The molecular weight excluding hydrogens is 312 g/mol. The van der Waals surface area contributed by atoms with E-state index in [-0.39, 0.29) is 29.2 Å². The maximum atomic E-state index is 12.9. The van der Waals surface area contributed by atoms with Crippen molar-refractivity contribution >= 4 is 23.3 Å². The summed E-state index contributed by atoms with van der Waals surface area (Å²) in [6.07, 6.45) is 6.12. The van der Waals surface area contributed by atoms with Gasteiger partial charge in [-0.25, -0.2) is 13.8 Å². The summed E-state index contributed by atoms with van der Waals surface area (Å²) < 4.78 is 25.8. The smallest absolute Gasteiger partial charge is 0.256 e. The Morgan fingerprint density at radius 1 is 1.55 bits per heavy atom. The number of alkyl halides is 2. The van der Waals surface area contributed by atoms with Crippen molar-refractivity contribution in [2.45, 2.75) is 44.2 Å². The third kappa shape index (κ3) is 3.86. The highest BCUT2D eigenvalue weighted by Gasteiger charge is 2.45. The molecule has 1 amide bonds. The van der Waals surface area contributed by atoms with Crippen LogP contribution in [-0.4, -0.2) is 28.4 Å². The molecule has 0 aliphatic heterocycles. The van der Waals surface area contributed by atoms with Gasteiger partial charge in [0.15, 0.2) is 0 Å². The highest BCUT2D eigenvalue weighted by atomic mass is 35.5. The van der Waals surface area contributed by atoms with Crippen molar-refractivity contribution in [2.75, 3.05) is 5.32 Å². The molecule has 0 aromatic carbocycles. The SMILES string of the molecule is C#CC(C)(C)NC(=O)c1cc(Cl)cnc1NC1CC(F)(F)C1. The van der Waals surface area contributed by atoms with Crippen LogP contribution in [-0.2, 0) is 0 Å². The van der Waals surface area contributed by atoms with E-state index in [2.05, 4.69) is 21.5 Å². The second-order valence-electron chi connectivity index (χ2n) is 5.88. The van der Waals surface area contributed by atoms with Crippen LogP contribution >= 0.6 is 11.6 Å². The number of carbonyl (C=O) groups excluding carboxylic acids is 1. The Kier molecular flexibility index (Phi) is 4.30. The first-order chi connectivity index (χ1) is 10.1. The second-order valence-corrected chi connectivity index (χ2v) is 6.32. The number of pyridine rings is 1. The van der Waals surface area contributed by atoms with Crippen LogP contribution in [0.4, 0.5) is 14.6 Å². The molecule has 1 fully saturated rings. The topological polar surface area (TPSA) is 54.0 Å². The van der Waals surface area contributed by atoms with E-state index in [0.29, 0.717) is 0 Å². The van der Waals surface area contributed by atoms with Gasteiger partial charge in [0.1, 0.15) is 5.82 Å². The summed E-state index contributed by atoms with van der Waals surface area (Å²) in [6.45, 7) is 3.34. The number of carbonyl (C=O) groups is 1. The normalized spacial score (nSPS) is 17.3. The molecule has 1 heterocycles. The molecular formula is C15H16ClF2N3O. The minimum Gasteiger partial charge on any atom is -0.366 e. The molecule has 1 aromatic rings. The van der Waals surface area contributed by atoms with Crippen LogP contribution in [0.25, 0.3) is 0 Å². The van der Waals surface area contributed by atoms with Gasteiger partial charge in [-0.3, -0.25) is 4.79 Å². The van der Waals surface area contributed by atoms with Crippen molar-refractivity contribution in [1.29, 1.82) is 0 Å². The fourth-order valence-corrected chi connectivity index (χ4v) is 2.23. The fourth-order valence-electron chi connectivity index (χ4n) is 2.07. The summed E-state index contributed by atoms with van der Waals surface area (Å²) in [4.78, 5) is 16.3. The molecule has 1 saturated carbocycles. The van der Waals surface area contributed by atoms with E-state index >= 15 is 0 Å². The standard InChI is InChI=1S/C15H16ClF2N3O/c1-4-14(2,3)21-13(22)11-5-9(16)8-19-12(11)20-10-6-15(17,18)7-10/h1,5,8,10H,6-7H2,2-3H3,(H,19,20)(H,21,22). The van der Waals surface area contributed by atoms with Gasteiger partial charge in [-0.2, -0.15) is 0 Å². The zero-order valence-electron chi connectivity index (χ0n) is 12.2. The van der Waals surface area contributed by atoms with E-state index in [1.54, 1.807) is 13.8 Å². The number of halogens is 3. The Balaban J connectivity index is 2.18. The Hall–Kier alpha value is -1.87. The van der Waals surface area contributed by atoms with E-state index in [0.717, 1.165) is 0 Å². The minimum absolute atomic E-state index is 0.172. The zero-order chi connectivity index (χ0) is 16.5. The zero-order valence-corrected chi connectivity index (χ0v) is 13.0. The lowest BCUT2D eigenvalue weighted by molar-refractivity contribution is -0.0794. The largest absolute Gasteiger partial charge is 0.366 e. The van der Waals surface area contributed by atoms with Gasteiger partial charge >= 0.3 is 0 Å². The summed E-state index contributed by atoms with van der Waals surface area (Å²) in [7, 11) is 0. The molecule has 22 heavy (non-hydrogen) atoms. The van der Waals surface area contributed by atoms with Gasteiger partial charge in [0.05, 0.1) is 16.1 Å². The third-order valence-corrected chi connectivity index (χ3v) is 3.52. The number of rotatable bonds is 4. The van der Waals surface area contributed by atoms with E-state index in [4.69, 9.17) is 18.0 Å². The molecule has 1 aliphatic carbocycles. The second kappa shape index (κ2) is 5.73. The van der Waals surface area contributed by atoms with Crippen LogP contribution in [0.1, 0.15) is 37.0 Å². The Morgan fingerprint density at radius 3 is 2.73 bits per heavy atom. The van der Waals surface area contributed by atoms with Gasteiger partial charge in [0, 0.05) is 25.1 Å². The Bertz CT molecular complexity index is 632. The molecule has 0 saturated heterocycles. The highest BCUT2D eigenvalue weighted by Crippen LogP contribution is 2.39. The van der Waals surface area contributed by atoms with Crippen molar-refractivity contribution in [3.63, 3.8) is 0 Å². The lowest BCUT2D eigenvalue weighted by Gasteiger charge is -2.36. The summed E-state index contributed by atoms with van der Waals surface area (Å²) in [5.74, 6) is -0.458. The monoisotopic (exact) mass is 327 g/mol. The van der Waals surface area contributed by atoms with Crippen molar-refractivity contribution in [3.05, 3.63) is 22.8 Å². The number of amides is 1. The molecule has 0 unspecified atom stereocenters. The molecule has 1 aliphatic rings. The van der Waals surface area contributed by atoms with Crippen molar-refractivity contribution in [2.24, 2.45) is 0 Å². The fraction of sp³-hybridized carbons (Fsp3) is 0.467. The van der Waals surface area contributed by atoms with Crippen LogP contribution in [0.15, 0.2) is 12.3 Å². The molecule has 4 nitrogen and oxygen atoms in total. The molecule has 1 aromatic heterocycles. The highest BCUT2D eigenvalue weighted by molar-refractivity contribution is 6.31. The van der Waals surface area contributed by atoms with Gasteiger partial charge in [-0.05, 0) is 19.9 Å². The van der Waals surface area contributed by atoms with E-state index < -0.39 is 23.4 Å². The molecule has 118 valence electrons. The molecule has 2 rings (SSSR count). The van der Waals surface area contributed by atoms with Gasteiger partial charge < -0.3 is 10.6 Å². The first-order valence-electron chi connectivity index (χ1n) is 6.72. The maximum Gasteiger partial charge on any atom is 0.256 e. The quantitative estimate of drug-likeness (QED) is 0.836. The number of anilines is 1. The molecule has 0 atom stereocenters. The number of nitrogens with zero attached hydrogens (tertiary/aromatic N) is 1. The summed E-state index contributed by atoms with van der Waals surface area (Å²) in [5, 5.41) is 5.78. The van der Waals surface area contributed by atoms with E-state index in [1.165, 1.54) is 12.3 Å². The number of nitrogens with one attached hydrogen (secondary N) is 2. The molecule has 0 spiro atoms. The number of hydrogen-bond acceptors (Lipinski definition) is 3. The summed E-state index contributed by atoms with van der Waals surface area (Å²) in [6, 6.07) is 1.01. The Labute approximate surface area is 132 Å². The number of terminal acetylenes is 1. The van der Waals surface area contributed by atoms with Crippen LogP contribution < -0.4 is 10.6 Å². The van der Waals surface area contributed by atoms with Gasteiger partial charge in [-0.15, -0.1) is 6.42 Å². The number of aromatic nitrogens is 1. The van der Waals surface area contributed by atoms with Gasteiger partial charge in [-0.1, -0.05) is 17.5 Å². The molecule has 0 radical (unpaired) electrons. The van der Waals surface area contributed by atoms with Crippen molar-refractivity contribution in [1.82, 2.24) is 10.3 Å². The minimum atomic E-state index is -2.65. The van der Waals surface area contributed by atoms with Crippen LogP contribution in [0.2, 0.25) is 5.02 Å². The van der Waals surface area contributed by atoms with Crippen LogP contribution in [0.3, 0.4) is 0 Å². The van der Waals surface area contributed by atoms with E-state index in [1.807, 2.05) is 0 Å². The first kappa shape index (κ1) is 16.5. The molecule has 0 bridgehead atoms.